The summed E-state index contributed by atoms with van der Waals surface area (Å²) in [6.07, 6.45) is 0. The monoisotopic (exact) mass is 415 g/mol. The Morgan fingerprint density at radius 2 is 1.88 bits per heavy atom. The molecule has 0 radical (unpaired) electrons. The van der Waals surface area contributed by atoms with E-state index in [0.717, 1.165) is 4.47 Å². The number of benzene rings is 2. The Morgan fingerprint density at radius 1 is 1.15 bits per heavy atom. The second kappa shape index (κ2) is 7.61. The molecule has 3 aromatic rings. The minimum atomic E-state index is -0.408. The van der Waals surface area contributed by atoms with E-state index in [4.69, 9.17) is 0 Å². The Morgan fingerprint density at radius 3 is 2.62 bits per heavy atom. The van der Waals surface area contributed by atoms with E-state index in [0.29, 0.717) is 11.3 Å². The van der Waals surface area contributed by atoms with Gasteiger partial charge in [-0.1, -0.05) is 34.1 Å². The van der Waals surface area contributed by atoms with Crippen LogP contribution in [0.3, 0.4) is 0 Å². The van der Waals surface area contributed by atoms with E-state index in [1.54, 1.807) is 43.4 Å². The summed E-state index contributed by atoms with van der Waals surface area (Å²) in [7, 11) is 1.56. The molecule has 132 valence electrons. The van der Waals surface area contributed by atoms with Crippen molar-refractivity contribution in [1.82, 2.24) is 14.7 Å². The van der Waals surface area contributed by atoms with Crippen LogP contribution in [0.15, 0.2) is 69.9 Å². The van der Waals surface area contributed by atoms with Gasteiger partial charge in [-0.3, -0.25) is 9.59 Å². The molecular formula is C19H15BrFN3O2. The smallest absolute Gasteiger partial charge is 0.274 e. The number of nitrogens with zero attached hydrogens (tertiary/aromatic N) is 3. The highest BCUT2D eigenvalue weighted by molar-refractivity contribution is 9.10. The lowest BCUT2D eigenvalue weighted by molar-refractivity contribution is 0.0776. The number of hydrogen-bond acceptors (Lipinski definition) is 3. The lowest BCUT2D eigenvalue weighted by atomic mass is 10.2. The van der Waals surface area contributed by atoms with Gasteiger partial charge in [-0.15, -0.1) is 0 Å². The van der Waals surface area contributed by atoms with E-state index in [1.165, 1.54) is 27.8 Å². The van der Waals surface area contributed by atoms with Crippen LogP contribution in [0.1, 0.15) is 16.1 Å². The van der Waals surface area contributed by atoms with Crippen molar-refractivity contribution in [2.24, 2.45) is 0 Å². The third kappa shape index (κ3) is 3.88. The molecule has 0 fully saturated rings. The second-order valence-electron chi connectivity index (χ2n) is 5.70. The van der Waals surface area contributed by atoms with Crippen molar-refractivity contribution in [3.63, 3.8) is 0 Å². The van der Waals surface area contributed by atoms with Gasteiger partial charge in [0, 0.05) is 29.7 Å². The van der Waals surface area contributed by atoms with Crippen LogP contribution in [0, 0.1) is 5.82 Å². The maximum atomic E-state index is 13.9. The predicted octanol–water partition coefficient (Wildman–Crippen LogP) is 3.41. The van der Waals surface area contributed by atoms with Gasteiger partial charge in [0.1, 0.15) is 11.5 Å². The summed E-state index contributed by atoms with van der Waals surface area (Å²) in [5.41, 5.74) is 0.708. The van der Waals surface area contributed by atoms with E-state index in [9.17, 15) is 14.0 Å². The second-order valence-corrected chi connectivity index (χ2v) is 6.62. The number of halogens is 2. The zero-order chi connectivity index (χ0) is 18.7. The first-order chi connectivity index (χ1) is 12.5. The lowest BCUT2D eigenvalue weighted by Crippen LogP contribution is -2.30. The van der Waals surface area contributed by atoms with E-state index in [-0.39, 0.29) is 17.8 Å². The van der Waals surface area contributed by atoms with Crippen LogP contribution in [0.5, 0.6) is 0 Å². The summed E-state index contributed by atoms with van der Waals surface area (Å²) in [6, 6.07) is 16.1. The van der Waals surface area contributed by atoms with Crippen molar-refractivity contribution in [2.45, 2.75) is 6.54 Å². The zero-order valence-electron chi connectivity index (χ0n) is 13.9. The fourth-order valence-electron chi connectivity index (χ4n) is 2.47. The van der Waals surface area contributed by atoms with Crippen molar-refractivity contribution in [2.75, 3.05) is 7.05 Å². The number of carbonyl (C=O) groups excluding carboxylic acids is 1. The van der Waals surface area contributed by atoms with Crippen LogP contribution in [0.25, 0.3) is 5.69 Å². The topological polar surface area (TPSA) is 55.2 Å². The molecule has 0 saturated heterocycles. The Kier molecular flexibility index (Phi) is 5.27. The molecule has 0 aliphatic carbocycles. The quantitative estimate of drug-likeness (QED) is 0.655. The minimum absolute atomic E-state index is 0.0796. The summed E-state index contributed by atoms with van der Waals surface area (Å²) in [5, 5.41) is 4.16. The molecule has 26 heavy (non-hydrogen) atoms. The molecule has 0 bridgehead atoms. The number of hydrogen-bond donors (Lipinski definition) is 0. The molecule has 1 aromatic heterocycles. The van der Waals surface area contributed by atoms with Gasteiger partial charge in [-0.2, -0.15) is 9.78 Å². The number of amides is 1. The first kappa shape index (κ1) is 18.0. The SMILES string of the molecule is CN(Cc1cc(Br)ccc1F)C(=O)c1ccc(=O)n(-c2ccccc2)n1. The molecule has 0 aliphatic heterocycles. The van der Waals surface area contributed by atoms with Crippen molar-refractivity contribution in [3.05, 3.63) is 92.6 Å². The van der Waals surface area contributed by atoms with Gasteiger partial charge in [0.25, 0.3) is 11.5 Å². The zero-order valence-corrected chi connectivity index (χ0v) is 15.5. The van der Waals surface area contributed by atoms with Crippen molar-refractivity contribution >= 4 is 21.8 Å². The average Bonchev–Trinajstić information content (AvgIpc) is 2.65. The minimum Gasteiger partial charge on any atom is -0.336 e. The first-order valence-corrected chi connectivity index (χ1v) is 8.60. The molecule has 0 N–H and O–H groups in total. The molecule has 1 amide bonds. The van der Waals surface area contributed by atoms with Crippen LogP contribution in [0.4, 0.5) is 4.39 Å². The molecule has 0 atom stereocenters. The van der Waals surface area contributed by atoms with Gasteiger partial charge in [0.2, 0.25) is 0 Å². The lowest BCUT2D eigenvalue weighted by Gasteiger charge is -2.18. The summed E-state index contributed by atoms with van der Waals surface area (Å²) in [4.78, 5) is 26.1. The van der Waals surface area contributed by atoms with E-state index >= 15 is 0 Å². The van der Waals surface area contributed by atoms with Gasteiger partial charge in [0.15, 0.2) is 0 Å². The maximum Gasteiger partial charge on any atom is 0.274 e. The van der Waals surface area contributed by atoms with Crippen LogP contribution in [-0.4, -0.2) is 27.6 Å². The van der Waals surface area contributed by atoms with Gasteiger partial charge >= 0.3 is 0 Å². The van der Waals surface area contributed by atoms with Crippen LogP contribution in [0.2, 0.25) is 0 Å². The third-order valence-electron chi connectivity index (χ3n) is 3.78. The molecule has 0 spiro atoms. The fraction of sp³-hybridized carbons (Fsp3) is 0.105. The highest BCUT2D eigenvalue weighted by Gasteiger charge is 2.17. The van der Waals surface area contributed by atoms with Gasteiger partial charge in [0.05, 0.1) is 5.69 Å². The number of carbonyl (C=O) groups is 1. The van der Waals surface area contributed by atoms with E-state index in [2.05, 4.69) is 21.0 Å². The largest absolute Gasteiger partial charge is 0.336 e. The van der Waals surface area contributed by atoms with Crippen LogP contribution >= 0.6 is 15.9 Å². The molecule has 5 nitrogen and oxygen atoms in total. The maximum absolute atomic E-state index is 13.9. The standard InChI is InChI=1S/C19H15BrFN3O2/c1-23(12-13-11-14(20)7-8-16(13)21)19(26)17-9-10-18(25)24(22-17)15-5-3-2-4-6-15/h2-11H,12H2,1H3. The first-order valence-electron chi connectivity index (χ1n) is 7.81. The Bertz CT molecular complexity index is 1010. The normalized spacial score (nSPS) is 10.6. The van der Waals surface area contributed by atoms with E-state index < -0.39 is 11.7 Å². The highest BCUT2D eigenvalue weighted by Crippen LogP contribution is 2.17. The predicted molar refractivity (Wildman–Crippen MR) is 99.7 cm³/mol. The number of aromatic nitrogens is 2. The molecule has 2 aromatic carbocycles. The Balaban J connectivity index is 1.88. The van der Waals surface area contributed by atoms with Crippen molar-refractivity contribution in [1.29, 1.82) is 0 Å². The molecule has 0 aliphatic rings. The molecular weight excluding hydrogens is 401 g/mol. The van der Waals surface area contributed by atoms with Gasteiger partial charge in [-0.05, 0) is 36.4 Å². The molecule has 0 saturated carbocycles. The number of para-hydroxylation sites is 1. The average molecular weight is 416 g/mol. The fourth-order valence-corrected chi connectivity index (χ4v) is 2.88. The molecule has 7 heteroatoms. The summed E-state index contributed by atoms with van der Waals surface area (Å²) in [5.74, 6) is -0.802. The van der Waals surface area contributed by atoms with Crippen molar-refractivity contribution in [3.8, 4) is 5.69 Å². The van der Waals surface area contributed by atoms with Crippen molar-refractivity contribution < 1.29 is 9.18 Å². The molecule has 3 rings (SSSR count). The number of rotatable bonds is 4. The van der Waals surface area contributed by atoms with Crippen LogP contribution < -0.4 is 5.56 Å². The summed E-state index contributed by atoms with van der Waals surface area (Å²) >= 11 is 3.29. The summed E-state index contributed by atoms with van der Waals surface area (Å²) in [6.45, 7) is 0.0796. The van der Waals surface area contributed by atoms with E-state index in [1.807, 2.05) is 6.07 Å². The van der Waals surface area contributed by atoms with Crippen LogP contribution in [-0.2, 0) is 6.54 Å². The van der Waals surface area contributed by atoms with Gasteiger partial charge in [-0.25, -0.2) is 4.39 Å². The molecule has 1 heterocycles. The third-order valence-corrected chi connectivity index (χ3v) is 4.28. The molecule has 0 unspecified atom stereocenters. The Labute approximate surface area is 157 Å². The van der Waals surface area contributed by atoms with Gasteiger partial charge < -0.3 is 4.90 Å². The Hall–Kier alpha value is -2.80. The highest BCUT2D eigenvalue weighted by atomic mass is 79.9. The summed E-state index contributed by atoms with van der Waals surface area (Å²) < 4.78 is 15.8.